The maximum absolute atomic E-state index is 12.7. The Hall–Kier alpha value is -2.61. The molecule has 0 bridgehead atoms. The van der Waals surface area contributed by atoms with Crippen LogP contribution in [-0.4, -0.2) is 17.1 Å². The van der Waals surface area contributed by atoms with Gasteiger partial charge in [-0.15, -0.1) is 11.3 Å². The Morgan fingerprint density at radius 3 is 2.67 bits per heavy atom. The van der Waals surface area contributed by atoms with Gasteiger partial charge in [0.15, 0.2) is 5.13 Å². The van der Waals surface area contributed by atoms with Crippen LogP contribution in [-0.2, 0) is 6.18 Å². The number of ether oxygens (including phenoxy) is 1. The molecule has 0 aliphatic carbocycles. The van der Waals surface area contributed by atoms with Crippen LogP contribution in [0.15, 0.2) is 48.0 Å². The van der Waals surface area contributed by atoms with E-state index in [0.717, 1.165) is 17.7 Å². The number of nitrogens with zero attached hydrogens (tertiary/aromatic N) is 2. The van der Waals surface area contributed by atoms with Crippen LogP contribution in [0.2, 0.25) is 0 Å². The maximum Gasteiger partial charge on any atom is 0.416 e. The van der Waals surface area contributed by atoms with Crippen molar-refractivity contribution in [1.29, 1.82) is 0 Å². The average molecular weight is 351 g/mol. The quantitative estimate of drug-likeness (QED) is 0.720. The normalized spacial score (nSPS) is 11.3. The van der Waals surface area contributed by atoms with Gasteiger partial charge in [0.05, 0.1) is 18.4 Å². The predicted molar refractivity (Wildman–Crippen MR) is 86.6 cm³/mol. The number of thiazole rings is 1. The molecule has 0 saturated carbocycles. The summed E-state index contributed by atoms with van der Waals surface area (Å²) in [6.07, 6.45) is -2.75. The van der Waals surface area contributed by atoms with Gasteiger partial charge in [0.1, 0.15) is 0 Å². The van der Waals surface area contributed by atoms with Crippen molar-refractivity contribution in [2.45, 2.75) is 6.18 Å². The van der Waals surface area contributed by atoms with E-state index in [9.17, 15) is 13.2 Å². The smallest absolute Gasteiger partial charge is 0.416 e. The molecular formula is C16H12F3N3OS. The summed E-state index contributed by atoms with van der Waals surface area (Å²) in [5.74, 6) is 0.497. The lowest BCUT2D eigenvalue weighted by Gasteiger charge is -2.08. The topological polar surface area (TPSA) is 47.0 Å². The van der Waals surface area contributed by atoms with Crippen molar-refractivity contribution in [2.75, 3.05) is 12.4 Å². The van der Waals surface area contributed by atoms with E-state index in [1.54, 1.807) is 23.7 Å². The number of anilines is 2. The predicted octanol–water partition coefficient (Wildman–Crippen LogP) is 4.98. The molecule has 2 aromatic heterocycles. The van der Waals surface area contributed by atoms with Gasteiger partial charge in [-0.05, 0) is 24.3 Å². The summed E-state index contributed by atoms with van der Waals surface area (Å²) < 4.78 is 43.2. The SMILES string of the molecule is COc1ccc(-c2csc(Nc3cccc(C(F)(F)F)c3)n2)cn1. The number of pyridine rings is 1. The van der Waals surface area contributed by atoms with Gasteiger partial charge in [0, 0.05) is 28.9 Å². The van der Waals surface area contributed by atoms with Crippen molar-refractivity contribution in [3.63, 3.8) is 0 Å². The van der Waals surface area contributed by atoms with E-state index in [4.69, 9.17) is 4.74 Å². The molecule has 24 heavy (non-hydrogen) atoms. The zero-order valence-corrected chi connectivity index (χ0v) is 13.3. The van der Waals surface area contributed by atoms with Crippen molar-refractivity contribution in [1.82, 2.24) is 9.97 Å². The Balaban J connectivity index is 1.79. The van der Waals surface area contributed by atoms with Crippen molar-refractivity contribution in [3.05, 3.63) is 53.5 Å². The maximum atomic E-state index is 12.7. The first-order valence-electron chi connectivity index (χ1n) is 6.86. The van der Waals surface area contributed by atoms with Crippen molar-refractivity contribution >= 4 is 22.2 Å². The number of hydrogen-bond acceptors (Lipinski definition) is 5. The Morgan fingerprint density at radius 1 is 1.17 bits per heavy atom. The van der Waals surface area contributed by atoms with E-state index in [-0.39, 0.29) is 0 Å². The molecule has 0 aliphatic rings. The average Bonchev–Trinajstić information content (AvgIpc) is 3.03. The number of methoxy groups -OCH3 is 1. The summed E-state index contributed by atoms with van der Waals surface area (Å²) in [5.41, 5.74) is 1.11. The fraction of sp³-hybridized carbons (Fsp3) is 0.125. The molecule has 1 N–H and O–H groups in total. The number of benzene rings is 1. The minimum atomic E-state index is -4.37. The fourth-order valence-electron chi connectivity index (χ4n) is 2.01. The van der Waals surface area contributed by atoms with Crippen LogP contribution in [0.1, 0.15) is 5.56 Å². The highest BCUT2D eigenvalue weighted by Gasteiger charge is 2.30. The van der Waals surface area contributed by atoms with Crippen LogP contribution in [0.5, 0.6) is 5.88 Å². The third-order valence-electron chi connectivity index (χ3n) is 3.19. The number of halogens is 3. The highest BCUT2D eigenvalue weighted by atomic mass is 32.1. The largest absolute Gasteiger partial charge is 0.481 e. The molecule has 0 saturated heterocycles. The number of nitrogens with one attached hydrogen (secondary N) is 1. The van der Waals surface area contributed by atoms with E-state index in [2.05, 4.69) is 15.3 Å². The lowest BCUT2D eigenvalue weighted by atomic mass is 10.2. The van der Waals surface area contributed by atoms with Crippen LogP contribution in [0.25, 0.3) is 11.3 Å². The Kier molecular flexibility index (Phi) is 4.39. The zero-order chi connectivity index (χ0) is 17.2. The van der Waals surface area contributed by atoms with Crippen LogP contribution >= 0.6 is 11.3 Å². The minimum Gasteiger partial charge on any atom is -0.481 e. The first kappa shape index (κ1) is 16.3. The van der Waals surface area contributed by atoms with Gasteiger partial charge in [-0.25, -0.2) is 9.97 Å². The Labute approximate surface area is 140 Å². The van der Waals surface area contributed by atoms with Crippen molar-refractivity contribution in [2.24, 2.45) is 0 Å². The molecule has 2 heterocycles. The molecule has 0 atom stereocenters. The van der Waals surface area contributed by atoms with E-state index in [0.29, 0.717) is 22.4 Å². The molecular weight excluding hydrogens is 339 g/mol. The Bertz CT molecular complexity index is 831. The summed E-state index contributed by atoms with van der Waals surface area (Å²) in [7, 11) is 1.53. The molecule has 0 spiro atoms. The van der Waals surface area contributed by atoms with Gasteiger partial charge in [0.2, 0.25) is 5.88 Å². The summed E-state index contributed by atoms with van der Waals surface area (Å²) >= 11 is 1.30. The standard InChI is InChI=1S/C16H12F3N3OS/c1-23-14-6-5-10(8-20-14)13-9-24-15(22-13)21-12-4-2-3-11(7-12)16(17,18)19/h2-9H,1H3,(H,21,22). The lowest BCUT2D eigenvalue weighted by molar-refractivity contribution is -0.137. The monoisotopic (exact) mass is 351 g/mol. The first-order chi connectivity index (χ1) is 11.5. The van der Waals surface area contributed by atoms with Crippen LogP contribution in [0.4, 0.5) is 24.0 Å². The van der Waals surface area contributed by atoms with E-state index in [1.165, 1.54) is 24.5 Å². The fourth-order valence-corrected chi connectivity index (χ4v) is 2.75. The molecule has 1 aromatic carbocycles. The molecule has 4 nitrogen and oxygen atoms in total. The minimum absolute atomic E-state index is 0.332. The van der Waals surface area contributed by atoms with Gasteiger partial charge in [-0.3, -0.25) is 0 Å². The summed E-state index contributed by atoms with van der Waals surface area (Å²) in [6.45, 7) is 0. The summed E-state index contributed by atoms with van der Waals surface area (Å²) in [5, 5.41) is 5.20. The molecule has 124 valence electrons. The van der Waals surface area contributed by atoms with Gasteiger partial charge in [-0.1, -0.05) is 6.07 Å². The first-order valence-corrected chi connectivity index (χ1v) is 7.74. The van der Waals surface area contributed by atoms with Crippen LogP contribution in [0, 0.1) is 0 Å². The van der Waals surface area contributed by atoms with Gasteiger partial charge < -0.3 is 10.1 Å². The molecule has 0 aliphatic heterocycles. The lowest BCUT2D eigenvalue weighted by Crippen LogP contribution is -2.05. The molecule has 8 heteroatoms. The Morgan fingerprint density at radius 2 is 2.00 bits per heavy atom. The summed E-state index contributed by atoms with van der Waals surface area (Å²) in [6, 6.07) is 8.53. The van der Waals surface area contributed by atoms with Crippen LogP contribution < -0.4 is 10.1 Å². The zero-order valence-electron chi connectivity index (χ0n) is 12.5. The van der Waals surface area contributed by atoms with Gasteiger partial charge in [-0.2, -0.15) is 13.2 Å². The third kappa shape index (κ3) is 3.65. The van der Waals surface area contributed by atoms with Crippen LogP contribution in [0.3, 0.4) is 0 Å². The third-order valence-corrected chi connectivity index (χ3v) is 3.94. The molecule has 0 fully saturated rings. The highest BCUT2D eigenvalue weighted by molar-refractivity contribution is 7.14. The van der Waals surface area contributed by atoms with Gasteiger partial charge in [0.25, 0.3) is 0 Å². The molecule has 0 unspecified atom stereocenters. The second-order valence-electron chi connectivity index (χ2n) is 4.83. The van der Waals surface area contributed by atoms with Crippen molar-refractivity contribution in [3.8, 4) is 17.1 Å². The second-order valence-corrected chi connectivity index (χ2v) is 5.69. The van der Waals surface area contributed by atoms with E-state index >= 15 is 0 Å². The van der Waals surface area contributed by atoms with Gasteiger partial charge >= 0.3 is 6.18 Å². The van der Waals surface area contributed by atoms with Crippen molar-refractivity contribution < 1.29 is 17.9 Å². The van der Waals surface area contributed by atoms with E-state index < -0.39 is 11.7 Å². The second kappa shape index (κ2) is 6.48. The number of rotatable bonds is 4. The molecule has 0 amide bonds. The number of alkyl halides is 3. The highest BCUT2D eigenvalue weighted by Crippen LogP contribution is 2.32. The van der Waals surface area contributed by atoms with E-state index in [1.807, 2.05) is 6.07 Å². The molecule has 0 radical (unpaired) electrons. The number of hydrogen-bond donors (Lipinski definition) is 1. The number of aromatic nitrogens is 2. The molecule has 3 rings (SSSR count). The molecule has 3 aromatic rings. The summed E-state index contributed by atoms with van der Waals surface area (Å²) in [4.78, 5) is 8.47.